The molecule has 1 fully saturated rings. The standard InChI is InChI=1S/C7H6Br2S/c8-7(9)3-6(7)5-1-2-10-4-5/h1-2,4,6H,3H2. The van der Waals surface area contributed by atoms with Gasteiger partial charge in [0.25, 0.3) is 0 Å². The smallest absolute Gasteiger partial charge is 0.0881 e. The van der Waals surface area contributed by atoms with Crippen molar-refractivity contribution in [1.82, 2.24) is 0 Å². The highest BCUT2D eigenvalue weighted by atomic mass is 79.9. The van der Waals surface area contributed by atoms with Gasteiger partial charge in [0.15, 0.2) is 0 Å². The summed E-state index contributed by atoms with van der Waals surface area (Å²) in [7, 11) is 0. The maximum absolute atomic E-state index is 3.60. The molecule has 0 saturated heterocycles. The molecule has 3 heteroatoms. The molecule has 1 aromatic rings. The first-order chi connectivity index (χ1) is 4.70. The molecule has 1 saturated carbocycles. The van der Waals surface area contributed by atoms with Gasteiger partial charge >= 0.3 is 0 Å². The number of hydrogen-bond donors (Lipinski definition) is 0. The lowest BCUT2D eigenvalue weighted by Gasteiger charge is -1.94. The van der Waals surface area contributed by atoms with Crippen LogP contribution in [0.3, 0.4) is 0 Å². The lowest BCUT2D eigenvalue weighted by molar-refractivity contribution is 1.14. The molecule has 0 radical (unpaired) electrons. The van der Waals surface area contributed by atoms with Crippen LogP contribution in [0.2, 0.25) is 0 Å². The molecule has 0 amide bonds. The molecule has 2 rings (SSSR count). The van der Waals surface area contributed by atoms with E-state index < -0.39 is 0 Å². The Morgan fingerprint density at radius 2 is 2.30 bits per heavy atom. The number of thiophene rings is 1. The Bertz CT molecular complexity index is 228. The first kappa shape index (κ1) is 7.32. The molecule has 10 heavy (non-hydrogen) atoms. The fourth-order valence-electron chi connectivity index (χ4n) is 1.05. The molecule has 1 aliphatic carbocycles. The van der Waals surface area contributed by atoms with E-state index >= 15 is 0 Å². The summed E-state index contributed by atoms with van der Waals surface area (Å²) in [6.45, 7) is 0. The highest BCUT2D eigenvalue weighted by Gasteiger charge is 2.51. The maximum Gasteiger partial charge on any atom is 0.0881 e. The fraction of sp³-hybridized carbons (Fsp3) is 0.429. The van der Waals surface area contributed by atoms with Crippen LogP contribution in [0.1, 0.15) is 17.9 Å². The van der Waals surface area contributed by atoms with Crippen LogP contribution in [0.25, 0.3) is 0 Å². The zero-order chi connectivity index (χ0) is 7.19. The molecule has 0 aromatic carbocycles. The highest BCUT2D eigenvalue weighted by molar-refractivity contribution is 9.25. The Morgan fingerprint density at radius 1 is 1.60 bits per heavy atom. The van der Waals surface area contributed by atoms with Crippen molar-refractivity contribution in [3.63, 3.8) is 0 Å². The second-order valence-electron chi connectivity index (χ2n) is 2.57. The molecule has 54 valence electrons. The van der Waals surface area contributed by atoms with Gasteiger partial charge in [-0.1, -0.05) is 31.9 Å². The highest BCUT2D eigenvalue weighted by Crippen LogP contribution is 2.62. The minimum Gasteiger partial charge on any atom is -0.152 e. The molecular formula is C7H6Br2S. The lowest BCUT2D eigenvalue weighted by Crippen LogP contribution is -1.84. The van der Waals surface area contributed by atoms with E-state index in [1.807, 2.05) is 0 Å². The van der Waals surface area contributed by atoms with Crippen LogP contribution < -0.4 is 0 Å². The minimum absolute atomic E-state index is 0.223. The van der Waals surface area contributed by atoms with Crippen LogP contribution in [0.15, 0.2) is 16.8 Å². The van der Waals surface area contributed by atoms with Gasteiger partial charge in [-0.25, -0.2) is 0 Å². The van der Waals surface area contributed by atoms with Gasteiger partial charge in [-0.2, -0.15) is 11.3 Å². The van der Waals surface area contributed by atoms with Crippen molar-refractivity contribution in [2.24, 2.45) is 0 Å². The molecular weight excluding hydrogens is 276 g/mol. The average molecular weight is 282 g/mol. The van der Waals surface area contributed by atoms with E-state index in [0.29, 0.717) is 5.92 Å². The fourth-order valence-corrected chi connectivity index (χ4v) is 2.94. The molecule has 1 unspecified atom stereocenters. The SMILES string of the molecule is BrC1(Br)CC1c1ccsc1. The average Bonchev–Trinajstić information content (AvgIpc) is 2.31. The Labute approximate surface area is 80.9 Å². The summed E-state index contributed by atoms with van der Waals surface area (Å²) in [4.78, 5) is 0. The third kappa shape index (κ3) is 1.19. The second-order valence-corrected chi connectivity index (χ2v) is 7.25. The molecule has 1 heterocycles. The predicted molar refractivity (Wildman–Crippen MR) is 52.3 cm³/mol. The third-order valence-electron chi connectivity index (χ3n) is 1.77. The van der Waals surface area contributed by atoms with Gasteiger partial charge in [0.2, 0.25) is 0 Å². The summed E-state index contributed by atoms with van der Waals surface area (Å²) in [6.07, 6.45) is 1.21. The van der Waals surface area contributed by atoms with E-state index in [-0.39, 0.29) is 3.23 Å². The van der Waals surface area contributed by atoms with Gasteiger partial charge in [0.05, 0.1) is 3.23 Å². The van der Waals surface area contributed by atoms with Crippen LogP contribution in [0.4, 0.5) is 0 Å². The van der Waals surface area contributed by atoms with Gasteiger partial charge in [0.1, 0.15) is 0 Å². The topological polar surface area (TPSA) is 0 Å². The summed E-state index contributed by atoms with van der Waals surface area (Å²) < 4.78 is 0.223. The Balaban J connectivity index is 2.19. The maximum atomic E-state index is 3.60. The summed E-state index contributed by atoms with van der Waals surface area (Å²) in [5, 5.41) is 4.35. The van der Waals surface area contributed by atoms with Crippen molar-refractivity contribution in [2.75, 3.05) is 0 Å². The summed E-state index contributed by atoms with van der Waals surface area (Å²) in [6, 6.07) is 2.19. The number of hydrogen-bond acceptors (Lipinski definition) is 1. The summed E-state index contributed by atoms with van der Waals surface area (Å²) in [5.41, 5.74) is 1.46. The Kier molecular flexibility index (Phi) is 1.70. The predicted octanol–water partition coefficient (Wildman–Crippen LogP) is 3.72. The molecule has 0 spiro atoms. The molecule has 0 N–H and O–H groups in total. The van der Waals surface area contributed by atoms with Gasteiger partial charge in [-0.05, 0) is 28.8 Å². The van der Waals surface area contributed by atoms with Gasteiger partial charge in [0, 0.05) is 5.92 Å². The van der Waals surface area contributed by atoms with Crippen LogP contribution in [-0.4, -0.2) is 3.23 Å². The van der Waals surface area contributed by atoms with Crippen LogP contribution in [0, 0.1) is 0 Å². The van der Waals surface area contributed by atoms with E-state index in [9.17, 15) is 0 Å². The zero-order valence-corrected chi connectivity index (χ0v) is 9.17. The van der Waals surface area contributed by atoms with Crippen LogP contribution in [-0.2, 0) is 0 Å². The van der Waals surface area contributed by atoms with Gasteiger partial charge in [-0.3, -0.25) is 0 Å². The van der Waals surface area contributed by atoms with Crippen LogP contribution in [0.5, 0.6) is 0 Å². The van der Waals surface area contributed by atoms with E-state index in [2.05, 4.69) is 48.7 Å². The van der Waals surface area contributed by atoms with E-state index in [1.54, 1.807) is 11.3 Å². The lowest BCUT2D eigenvalue weighted by atomic mass is 10.2. The number of alkyl halides is 2. The Hall–Kier alpha value is 0.660. The van der Waals surface area contributed by atoms with Crippen molar-refractivity contribution in [3.05, 3.63) is 22.4 Å². The van der Waals surface area contributed by atoms with E-state index in [0.717, 1.165) is 0 Å². The molecule has 1 atom stereocenters. The molecule has 0 aliphatic heterocycles. The van der Waals surface area contributed by atoms with Crippen LogP contribution >= 0.6 is 43.2 Å². The third-order valence-corrected chi connectivity index (χ3v) is 4.23. The van der Waals surface area contributed by atoms with Gasteiger partial charge in [-0.15, -0.1) is 0 Å². The molecule has 1 aromatic heterocycles. The minimum atomic E-state index is 0.223. The van der Waals surface area contributed by atoms with Crippen molar-refractivity contribution in [1.29, 1.82) is 0 Å². The van der Waals surface area contributed by atoms with Crippen molar-refractivity contribution >= 4 is 43.2 Å². The van der Waals surface area contributed by atoms with Crippen molar-refractivity contribution in [3.8, 4) is 0 Å². The Morgan fingerprint density at radius 3 is 2.70 bits per heavy atom. The normalized spacial score (nSPS) is 28.4. The monoisotopic (exact) mass is 280 g/mol. The summed E-state index contributed by atoms with van der Waals surface area (Å²) >= 11 is 8.96. The second kappa shape index (κ2) is 2.32. The first-order valence-corrected chi connectivity index (χ1v) is 5.63. The zero-order valence-electron chi connectivity index (χ0n) is 5.18. The number of rotatable bonds is 1. The van der Waals surface area contributed by atoms with Crippen molar-refractivity contribution in [2.45, 2.75) is 15.6 Å². The molecule has 0 bridgehead atoms. The van der Waals surface area contributed by atoms with E-state index in [1.165, 1.54) is 12.0 Å². The van der Waals surface area contributed by atoms with E-state index in [4.69, 9.17) is 0 Å². The first-order valence-electron chi connectivity index (χ1n) is 3.10. The quantitative estimate of drug-likeness (QED) is 0.689. The number of halogens is 2. The molecule has 0 nitrogen and oxygen atoms in total. The molecule has 1 aliphatic rings. The van der Waals surface area contributed by atoms with Crippen molar-refractivity contribution < 1.29 is 0 Å². The summed E-state index contributed by atoms with van der Waals surface area (Å²) in [5.74, 6) is 0.693. The largest absolute Gasteiger partial charge is 0.152 e. The van der Waals surface area contributed by atoms with Gasteiger partial charge < -0.3 is 0 Å².